The summed E-state index contributed by atoms with van der Waals surface area (Å²) in [5, 5.41) is -0.563. The molecular weight excluding hydrogens is 323 g/mol. The van der Waals surface area contributed by atoms with Gasteiger partial charge in [0, 0.05) is 12.7 Å². The first kappa shape index (κ1) is 17.7. The van der Waals surface area contributed by atoms with E-state index in [1.165, 1.54) is 17.4 Å². The van der Waals surface area contributed by atoms with E-state index in [4.69, 9.17) is 4.74 Å². The zero-order valence-electron chi connectivity index (χ0n) is 11.3. The summed E-state index contributed by atoms with van der Waals surface area (Å²) in [6.45, 7) is -0.501. The van der Waals surface area contributed by atoms with Gasteiger partial charge in [0.25, 0.3) is 11.1 Å². The molecule has 0 heterocycles. The first-order chi connectivity index (χ1) is 10.2. The van der Waals surface area contributed by atoms with Gasteiger partial charge in [0.15, 0.2) is 6.61 Å². The van der Waals surface area contributed by atoms with Crippen LogP contribution in [-0.2, 0) is 14.3 Å². The molecule has 6 nitrogen and oxygen atoms in total. The van der Waals surface area contributed by atoms with E-state index < -0.39 is 29.8 Å². The SMILES string of the molecule is CN(C(=O)COC(=S)NNC(=O)C(F)(F)F)c1ccccc1. The number of anilines is 1. The summed E-state index contributed by atoms with van der Waals surface area (Å²) in [5.74, 6) is -2.70. The standard InChI is InChI=1S/C12H12F3N3O3S/c1-18(8-5-3-2-4-6-8)9(19)7-21-11(22)17-16-10(20)12(13,14)15/h2-6H,7H2,1H3,(H,16,20)(H,17,22). The Hall–Kier alpha value is -2.36. The quantitative estimate of drug-likeness (QED) is 0.640. The molecule has 0 bridgehead atoms. The fourth-order valence-electron chi connectivity index (χ4n) is 1.23. The summed E-state index contributed by atoms with van der Waals surface area (Å²) >= 11 is 4.53. The Balaban J connectivity index is 2.38. The van der Waals surface area contributed by atoms with Crippen LogP contribution in [0.1, 0.15) is 0 Å². The molecule has 0 unspecified atom stereocenters. The Morgan fingerprint density at radius 2 is 1.82 bits per heavy atom. The van der Waals surface area contributed by atoms with E-state index >= 15 is 0 Å². The molecule has 0 aliphatic heterocycles. The number of likely N-dealkylation sites (N-methyl/N-ethyl adjacent to an activating group) is 1. The number of nitrogens with one attached hydrogen (secondary N) is 2. The topological polar surface area (TPSA) is 70.7 Å². The number of hydrazine groups is 1. The van der Waals surface area contributed by atoms with Crippen molar-refractivity contribution in [2.75, 3.05) is 18.6 Å². The molecule has 1 aromatic rings. The fourth-order valence-corrected chi connectivity index (χ4v) is 1.34. The van der Waals surface area contributed by atoms with Gasteiger partial charge in [-0.05, 0) is 24.4 Å². The number of benzene rings is 1. The fraction of sp³-hybridized carbons (Fsp3) is 0.250. The molecule has 120 valence electrons. The smallest absolute Gasteiger partial charge is 0.460 e. The normalized spacial score (nSPS) is 10.5. The minimum Gasteiger partial charge on any atom is -0.460 e. The highest BCUT2D eigenvalue weighted by Gasteiger charge is 2.38. The second-order valence-electron chi connectivity index (χ2n) is 3.94. The van der Waals surface area contributed by atoms with Gasteiger partial charge in [-0.1, -0.05) is 18.2 Å². The van der Waals surface area contributed by atoms with Gasteiger partial charge in [-0.25, -0.2) is 0 Å². The van der Waals surface area contributed by atoms with Crippen LogP contribution in [0.25, 0.3) is 0 Å². The van der Waals surface area contributed by atoms with Gasteiger partial charge < -0.3 is 9.64 Å². The molecule has 22 heavy (non-hydrogen) atoms. The van der Waals surface area contributed by atoms with Crippen molar-refractivity contribution in [2.45, 2.75) is 6.18 Å². The molecule has 0 fully saturated rings. The highest BCUT2D eigenvalue weighted by Crippen LogP contribution is 2.13. The molecule has 0 saturated carbocycles. The van der Waals surface area contributed by atoms with Crippen LogP contribution in [-0.4, -0.2) is 36.8 Å². The Labute approximate surface area is 129 Å². The number of rotatable bonds is 3. The molecule has 0 saturated heterocycles. The minimum atomic E-state index is -5.05. The van der Waals surface area contributed by atoms with Gasteiger partial charge >= 0.3 is 12.1 Å². The number of hydrogen-bond acceptors (Lipinski definition) is 4. The lowest BCUT2D eigenvalue weighted by atomic mass is 10.3. The maximum Gasteiger partial charge on any atom is 0.472 e. The average molecular weight is 335 g/mol. The number of hydrogen-bond donors (Lipinski definition) is 2. The van der Waals surface area contributed by atoms with Crippen LogP contribution in [0.2, 0.25) is 0 Å². The van der Waals surface area contributed by atoms with Crippen LogP contribution in [0.3, 0.4) is 0 Å². The molecule has 0 spiro atoms. The van der Waals surface area contributed by atoms with Crippen molar-refractivity contribution in [1.29, 1.82) is 0 Å². The number of carbonyl (C=O) groups is 2. The highest BCUT2D eigenvalue weighted by molar-refractivity contribution is 7.80. The van der Waals surface area contributed by atoms with Crippen molar-refractivity contribution in [3.05, 3.63) is 30.3 Å². The molecule has 2 N–H and O–H groups in total. The first-order valence-electron chi connectivity index (χ1n) is 5.83. The molecule has 0 aromatic heterocycles. The predicted molar refractivity (Wildman–Crippen MR) is 75.7 cm³/mol. The van der Waals surface area contributed by atoms with Gasteiger partial charge in [-0.2, -0.15) is 13.2 Å². The Morgan fingerprint density at radius 3 is 2.36 bits per heavy atom. The summed E-state index contributed by atoms with van der Waals surface area (Å²) in [7, 11) is 1.50. The largest absolute Gasteiger partial charge is 0.472 e. The third-order valence-corrected chi connectivity index (χ3v) is 2.60. The lowest BCUT2D eigenvalue weighted by molar-refractivity contribution is -0.174. The van der Waals surface area contributed by atoms with Gasteiger partial charge in [0.05, 0.1) is 0 Å². The second-order valence-corrected chi connectivity index (χ2v) is 4.31. The van der Waals surface area contributed by atoms with Gasteiger partial charge in [-0.3, -0.25) is 20.4 Å². The van der Waals surface area contributed by atoms with E-state index in [0.717, 1.165) is 0 Å². The highest BCUT2D eigenvalue weighted by atomic mass is 32.1. The second kappa shape index (κ2) is 7.59. The summed E-state index contributed by atoms with van der Waals surface area (Å²) < 4.78 is 40.5. The van der Waals surface area contributed by atoms with Crippen molar-refractivity contribution < 1.29 is 27.5 Å². The summed E-state index contributed by atoms with van der Waals surface area (Å²) in [6.07, 6.45) is -5.05. The molecule has 0 atom stereocenters. The molecule has 2 amide bonds. The molecule has 1 aromatic carbocycles. The van der Waals surface area contributed by atoms with E-state index in [2.05, 4.69) is 12.2 Å². The molecular formula is C12H12F3N3O3S. The van der Waals surface area contributed by atoms with Gasteiger partial charge in [0.2, 0.25) is 0 Å². The number of thiocarbonyl (C=S) groups is 1. The Morgan fingerprint density at radius 1 is 1.23 bits per heavy atom. The average Bonchev–Trinajstić information content (AvgIpc) is 2.49. The van der Waals surface area contributed by atoms with Gasteiger partial charge in [-0.15, -0.1) is 0 Å². The van der Waals surface area contributed by atoms with Crippen molar-refractivity contribution in [3.8, 4) is 0 Å². The summed E-state index contributed by atoms with van der Waals surface area (Å²) in [6, 6.07) is 8.63. The summed E-state index contributed by atoms with van der Waals surface area (Å²) in [4.78, 5) is 23.6. The zero-order chi connectivity index (χ0) is 16.8. The molecule has 10 heteroatoms. The Bertz CT molecular complexity index is 552. The van der Waals surface area contributed by atoms with E-state index in [1.54, 1.807) is 35.8 Å². The van der Waals surface area contributed by atoms with E-state index in [0.29, 0.717) is 5.69 Å². The van der Waals surface area contributed by atoms with Crippen molar-refractivity contribution in [3.63, 3.8) is 0 Å². The number of amides is 2. The first-order valence-corrected chi connectivity index (χ1v) is 6.24. The van der Waals surface area contributed by atoms with Crippen LogP contribution in [0.5, 0.6) is 0 Å². The number of halogens is 3. The van der Waals surface area contributed by atoms with E-state index in [9.17, 15) is 22.8 Å². The van der Waals surface area contributed by atoms with Gasteiger partial charge in [0.1, 0.15) is 0 Å². The van der Waals surface area contributed by atoms with Crippen LogP contribution in [0, 0.1) is 0 Å². The van der Waals surface area contributed by atoms with Crippen LogP contribution >= 0.6 is 12.2 Å². The van der Waals surface area contributed by atoms with Crippen molar-refractivity contribution in [1.82, 2.24) is 10.9 Å². The van der Waals surface area contributed by atoms with E-state index in [1.807, 2.05) is 0 Å². The number of ether oxygens (including phenoxy) is 1. The third kappa shape index (κ3) is 5.56. The molecule has 0 aliphatic carbocycles. The van der Waals surface area contributed by atoms with E-state index in [-0.39, 0.29) is 0 Å². The number of nitrogens with zero attached hydrogens (tertiary/aromatic N) is 1. The zero-order valence-corrected chi connectivity index (χ0v) is 12.1. The van der Waals surface area contributed by atoms with Crippen LogP contribution in [0.15, 0.2) is 30.3 Å². The number of para-hydroxylation sites is 1. The lowest BCUT2D eigenvalue weighted by Crippen LogP contribution is -2.48. The van der Waals surface area contributed by atoms with Crippen molar-refractivity contribution in [2.24, 2.45) is 0 Å². The lowest BCUT2D eigenvalue weighted by Gasteiger charge is -2.18. The molecule has 1 rings (SSSR count). The predicted octanol–water partition coefficient (Wildman–Crippen LogP) is 1.13. The third-order valence-electron chi connectivity index (χ3n) is 2.38. The molecule has 0 radical (unpaired) electrons. The minimum absolute atomic E-state index is 0.475. The Kier molecular flexibility index (Phi) is 6.11. The van der Waals surface area contributed by atoms with Crippen LogP contribution in [0.4, 0.5) is 18.9 Å². The maximum absolute atomic E-state index is 11.9. The van der Waals surface area contributed by atoms with Crippen LogP contribution < -0.4 is 15.8 Å². The summed E-state index contributed by atoms with van der Waals surface area (Å²) in [5.41, 5.74) is 3.66. The number of alkyl halides is 3. The molecule has 0 aliphatic rings. The maximum atomic E-state index is 11.9. The number of carbonyl (C=O) groups excluding carboxylic acids is 2. The van der Waals surface area contributed by atoms with Crippen molar-refractivity contribution >= 4 is 34.9 Å². The monoisotopic (exact) mass is 335 g/mol.